The first-order valence-electron chi connectivity index (χ1n) is 8.78. The molecule has 0 amide bonds. The largest absolute Gasteiger partial charge is 0.379 e. The van der Waals surface area contributed by atoms with Crippen LogP contribution in [0.1, 0.15) is 42.6 Å². The van der Waals surface area contributed by atoms with Crippen molar-refractivity contribution in [3.8, 4) is 0 Å². The van der Waals surface area contributed by atoms with E-state index in [2.05, 4.69) is 46.4 Å². The van der Waals surface area contributed by atoms with Crippen molar-refractivity contribution in [3.05, 3.63) is 47.3 Å². The number of hydrogen-bond acceptors (Lipinski definition) is 5. The van der Waals surface area contributed by atoms with Crippen LogP contribution < -0.4 is 5.73 Å². The summed E-state index contributed by atoms with van der Waals surface area (Å²) >= 11 is 0. The number of nitrogens with zero attached hydrogens (tertiary/aromatic N) is 4. The van der Waals surface area contributed by atoms with Crippen LogP contribution in [-0.4, -0.2) is 46.2 Å². The molecule has 1 unspecified atom stereocenters. The molecule has 2 aromatic rings. The minimum Gasteiger partial charge on any atom is -0.379 e. The summed E-state index contributed by atoms with van der Waals surface area (Å²) in [5, 5.41) is 8.43. The maximum Gasteiger partial charge on any atom is 0.0994 e. The molecule has 1 aliphatic heterocycles. The van der Waals surface area contributed by atoms with E-state index in [0.29, 0.717) is 0 Å². The van der Waals surface area contributed by atoms with Gasteiger partial charge in [-0.1, -0.05) is 42.8 Å². The van der Waals surface area contributed by atoms with Gasteiger partial charge in [0.2, 0.25) is 0 Å². The second-order valence-electron chi connectivity index (χ2n) is 6.44. The maximum absolute atomic E-state index is 6.11. The van der Waals surface area contributed by atoms with Crippen LogP contribution in [0.4, 0.5) is 0 Å². The van der Waals surface area contributed by atoms with Crippen molar-refractivity contribution in [2.24, 2.45) is 5.73 Å². The third-order valence-electron chi connectivity index (χ3n) is 4.38. The Kier molecular flexibility index (Phi) is 5.96. The van der Waals surface area contributed by atoms with Gasteiger partial charge in [-0.2, -0.15) is 0 Å². The Morgan fingerprint density at radius 3 is 2.71 bits per heavy atom. The van der Waals surface area contributed by atoms with Crippen molar-refractivity contribution < 1.29 is 4.74 Å². The van der Waals surface area contributed by atoms with Gasteiger partial charge in [-0.05, 0) is 17.5 Å². The Hall–Kier alpha value is -1.76. The Morgan fingerprint density at radius 2 is 1.96 bits per heavy atom. The van der Waals surface area contributed by atoms with Crippen LogP contribution in [0.15, 0.2) is 30.5 Å². The summed E-state index contributed by atoms with van der Waals surface area (Å²) in [6, 6.07) is 8.67. The zero-order valence-electron chi connectivity index (χ0n) is 14.4. The van der Waals surface area contributed by atoms with Crippen LogP contribution in [0.2, 0.25) is 0 Å². The minimum atomic E-state index is -0.0172. The van der Waals surface area contributed by atoms with E-state index >= 15 is 0 Å². The number of nitrogens with two attached hydrogens (primary N) is 1. The lowest BCUT2D eigenvalue weighted by atomic mass is 10.1. The SMILES string of the molecule is CCCC(N)c1cn(Cc2cccc(CN3CCOCC3)c2)nn1. The van der Waals surface area contributed by atoms with Crippen LogP contribution in [-0.2, 0) is 17.8 Å². The molecule has 24 heavy (non-hydrogen) atoms. The van der Waals surface area contributed by atoms with E-state index in [1.54, 1.807) is 0 Å². The van der Waals surface area contributed by atoms with E-state index in [0.717, 1.165) is 57.9 Å². The molecule has 0 bridgehead atoms. The molecule has 2 N–H and O–H groups in total. The predicted molar refractivity (Wildman–Crippen MR) is 93.5 cm³/mol. The van der Waals surface area contributed by atoms with Gasteiger partial charge in [0.05, 0.1) is 37.7 Å². The summed E-state index contributed by atoms with van der Waals surface area (Å²) in [5.74, 6) is 0. The third-order valence-corrected chi connectivity index (χ3v) is 4.38. The van der Waals surface area contributed by atoms with Gasteiger partial charge < -0.3 is 10.5 Å². The maximum atomic E-state index is 6.11. The lowest BCUT2D eigenvalue weighted by molar-refractivity contribution is 0.0342. The Labute approximate surface area is 143 Å². The molecule has 1 fully saturated rings. The molecule has 1 aliphatic rings. The highest BCUT2D eigenvalue weighted by Crippen LogP contribution is 2.14. The van der Waals surface area contributed by atoms with Crippen LogP contribution in [0.3, 0.4) is 0 Å². The average Bonchev–Trinajstić information content (AvgIpc) is 3.05. The highest BCUT2D eigenvalue weighted by molar-refractivity contribution is 5.23. The smallest absolute Gasteiger partial charge is 0.0994 e. The Balaban J connectivity index is 1.61. The first-order valence-corrected chi connectivity index (χ1v) is 8.78. The molecule has 0 spiro atoms. The summed E-state index contributed by atoms with van der Waals surface area (Å²) in [6.45, 7) is 7.51. The van der Waals surface area contributed by atoms with E-state index in [1.807, 2.05) is 10.9 Å². The van der Waals surface area contributed by atoms with E-state index in [4.69, 9.17) is 10.5 Å². The van der Waals surface area contributed by atoms with Crippen molar-refractivity contribution in [1.82, 2.24) is 19.9 Å². The Morgan fingerprint density at radius 1 is 1.21 bits per heavy atom. The van der Waals surface area contributed by atoms with Crippen molar-refractivity contribution >= 4 is 0 Å². The number of morpholine rings is 1. The molecule has 130 valence electrons. The molecule has 3 rings (SSSR count). The van der Waals surface area contributed by atoms with Gasteiger partial charge in [0.1, 0.15) is 0 Å². The van der Waals surface area contributed by atoms with Crippen LogP contribution in [0.25, 0.3) is 0 Å². The van der Waals surface area contributed by atoms with Crippen molar-refractivity contribution in [1.29, 1.82) is 0 Å². The summed E-state index contributed by atoms with van der Waals surface area (Å²) in [6.07, 6.45) is 3.96. The summed E-state index contributed by atoms with van der Waals surface area (Å²) in [5.41, 5.74) is 9.55. The number of hydrogen-bond donors (Lipinski definition) is 1. The van der Waals surface area contributed by atoms with Crippen LogP contribution in [0, 0.1) is 0 Å². The van der Waals surface area contributed by atoms with E-state index in [9.17, 15) is 0 Å². The first kappa shape index (κ1) is 17.1. The van der Waals surface area contributed by atoms with Crippen LogP contribution in [0.5, 0.6) is 0 Å². The second-order valence-corrected chi connectivity index (χ2v) is 6.44. The normalized spacial score (nSPS) is 17.1. The standard InChI is InChI=1S/C18H27N5O/c1-2-4-17(19)18-14-23(21-20-18)13-16-6-3-5-15(11-16)12-22-7-9-24-10-8-22/h3,5-6,11,14,17H,2,4,7-10,12-13,19H2,1H3. The highest BCUT2D eigenvalue weighted by atomic mass is 16.5. The van der Waals surface area contributed by atoms with Gasteiger partial charge in [0.15, 0.2) is 0 Å². The summed E-state index contributed by atoms with van der Waals surface area (Å²) in [4.78, 5) is 2.43. The van der Waals surface area contributed by atoms with Gasteiger partial charge in [0.25, 0.3) is 0 Å². The molecule has 6 nitrogen and oxygen atoms in total. The quantitative estimate of drug-likeness (QED) is 0.841. The van der Waals surface area contributed by atoms with E-state index in [-0.39, 0.29) is 6.04 Å². The molecule has 1 atom stereocenters. The molecule has 0 radical (unpaired) electrons. The molecule has 6 heteroatoms. The van der Waals surface area contributed by atoms with E-state index in [1.165, 1.54) is 11.1 Å². The summed E-state index contributed by atoms with van der Waals surface area (Å²) in [7, 11) is 0. The fourth-order valence-electron chi connectivity index (χ4n) is 3.05. The fraction of sp³-hybridized carbons (Fsp3) is 0.556. The fourth-order valence-corrected chi connectivity index (χ4v) is 3.05. The second kappa shape index (κ2) is 8.37. The zero-order chi connectivity index (χ0) is 16.8. The molecular weight excluding hydrogens is 302 g/mol. The van der Waals surface area contributed by atoms with Crippen LogP contribution >= 0.6 is 0 Å². The van der Waals surface area contributed by atoms with Crippen molar-refractivity contribution in [2.75, 3.05) is 26.3 Å². The molecule has 2 heterocycles. The third kappa shape index (κ3) is 4.63. The number of aromatic nitrogens is 3. The molecule has 0 aliphatic carbocycles. The lowest BCUT2D eigenvalue weighted by Gasteiger charge is -2.26. The van der Waals surface area contributed by atoms with Crippen molar-refractivity contribution in [2.45, 2.75) is 38.9 Å². The first-order chi connectivity index (χ1) is 11.7. The van der Waals surface area contributed by atoms with Crippen molar-refractivity contribution in [3.63, 3.8) is 0 Å². The Bertz CT molecular complexity index is 636. The molecule has 0 saturated carbocycles. The molecule has 1 saturated heterocycles. The lowest BCUT2D eigenvalue weighted by Crippen LogP contribution is -2.35. The average molecular weight is 329 g/mol. The number of ether oxygens (including phenoxy) is 1. The van der Waals surface area contributed by atoms with Gasteiger partial charge in [-0.15, -0.1) is 5.10 Å². The topological polar surface area (TPSA) is 69.2 Å². The van der Waals surface area contributed by atoms with Gasteiger partial charge >= 0.3 is 0 Å². The molecule has 1 aromatic carbocycles. The predicted octanol–water partition coefficient (Wildman–Crippen LogP) is 1.96. The van der Waals surface area contributed by atoms with Gasteiger partial charge in [-0.3, -0.25) is 4.90 Å². The highest BCUT2D eigenvalue weighted by Gasteiger charge is 2.12. The molecule has 1 aromatic heterocycles. The van der Waals surface area contributed by atoms with Gasteiger partial charge in [0, 0.05) is 19.6 Å². The zero-order valence-corrected chi connectivity index (χ0v) is 14.4. The number of rotatable bonds is 7. The summed E-state index contributed by atoms with van der Waals surface area (Å²) < 4.78 is 7.28. The minimum absolute atomic E-state index is 0.0172. The number of benzene rings is 1. The van der Waals surface area contributed by atoms with Gasteiger partial charge in [-0.25, -0.2) is 4.68 Å². The van der Waals surface area contributed by atoms with E-state index < -0.39 is 0 Å². The monoisotopic (exact) mass is 329 g/mol. The molecular formula is C18H27N5O.